The Hall–Kier alpha value is -1.70. The van der Waals surface area contributed by atoms with Crippen LogP contribution in [-0.4, -0.2) is 84.7 Å². The lowest BCUT2D eigenvalue weighted by Gasteiger charge is -2.42. The van der Waals surface area contributed by atoms with E-state index < -0.39 is 5.60 Å². The summed E-state index contributed by atoms with van der Waals surface area (Å²) >= 11 is 0. The monoisotopic (exact) mass is 365 g/mol. The molecule has 2 aliphatic heterocycles. The Bertz CT molecular complexity index is 649. The number of amides is 1. The van der Waals surface area contributed by atoms with E-state index in [9.17, 15) is 14.3 Å². The highest BCUT2D eigenvalue weighted by molar-refractivity contribution is 5.86. The molecule has 6 nitrogen and oxygen atoms in total. The lowest BCUT2D eigenvalue weighted by molar-refractivity contribution is -0.160. The maximum Gasteiger partial charge on any atom is 0.256 e. The van der Waals surface area contributed by atoms with E-state index in [1.54, 1.807) is 17.0 Å². The molecule has 0 saturated carbocycles. The summed E-state index contributed by atoms with van der Waals surface area (Å²) in [5.41, 5.74) is -0.981. The van der Waals surface area contributed by atoms with Crippen molar-refractivity contribution >= 4 is 5.91 Å². The summed E-state index contributed by atoms with van der Waals surface area (Å²) in [6.07, 6.45) is 1.16. The molecular formula is C19H28FN3O3. The van der Waals surface area contributed by atoms with Crippen molar-refractivity contribution in [3.05, 3.63) is 29.6 Å². The zero-order chi connectivity index (χ0) is 18.7. The molecule has 0 spiro atoms. The van der Waals surface area contributed by atoms with E-state index in [1.807, 2.05) is 0 Å². The molecule has 2 saturated heterocycles. The van der Waals surface area contributed by atoms with Crippen molar-refractivity contribution in [1.29, 1.82) is 0 Å². The van der Waals surface area contributed by atoms with Crippen LogP contribution in [0.2, 0.25) is 0 Å². The summed E-state index contributed by atoms with van der Waals surface area (Å²) in [7, 11) is 3.60. The molecule has 1 amide bonds. The predicted octanol–water partition coefficient (Wildman–Crippen LogP) is 0.935. The Morgan fingerprint density at radius 2 is 1.96 bits per heavy atom. The van der Waals surface area contributed by atoms with Crippen molar-refractivity contribution < 1.29 is 19.0 Å². The molecule has 7 heteroatoms. The lowest BCUT2D eigenvalue weighted by Crippen LogP contribution is -2.60. The van der Waals surface area contributed by atoms with Gasteiger partial charge in [0.15, 0.2) is 5.60 Å². The van der Waals surface area contributed by atoms with Gasteiger partial charge in [-0.3, -0.25) is 9.69 Å². The first-order valence-corrected chi connectivity index (χ1v) is 9.16. The van der Waals surface area contributed by atoms with Gasteiger partial charge in [-0.1, -0.05) is 0 Å². The molecule has 144 valence electrons. The Labute approximate surface area is 154 Å². The number of aliphatic hydroxyl groups is 1. The second-order valence-electron chi connectivity index (χ2n) is 7.40. The number of hydrogen-bond donors (Lipinski definition) is 1. The number of carbonyl (C=O) groups is 1. The quantitative estimate of drug-likeness (QED) is 0.842. The maximum absolute atomic E-state index is 14.1. The molecule has 0 bridgehead atoms. The number of piperazine rings is 1. The van der Waals surface area contributed by atoms with E-state index in [-0.39, 0.29) is 18.3 Å². The summed E-state index contributed by atoms with van der Waals surface area (Å²) in [6, 6.07) is 4.51. The number of carbonyl (C=O) groups excluding carboxylic acids is 1. The maximum atomic E-state index is 14.1. The number of benzene rings is 1. The molecule has 1 aromatic rings. The number of halogens is 1. The van der Waals surface area contributed by atoms with Crippen molar-refractivity contribution in [3.63, 3.8) is 0 Å². The molecule has 0 aromatic heterocycles. The molecule has 3 rings (SSSR count). The van der Waals surface area contributed by atoms with Crippen molar-refractivity contribution in [3.8, 4) is 5.75 Å². The van der Waals surface area contributed by atoms with Crippen LogP contribution in [-0.2, 0) is 11.3 Å². The van der Waals surface area contributed by atoms with Crippen LogP contribution in [0.25, 0.3) is 0 Å². The van der Waals surface area contributed by atoms with Crippen LogP contribution in [0, 0.1) is 5.82 Å². The largest absolute Gasteiger partial charge is 0.497 e. The SMILES string of the molecule is COc1ccc(F)c(CN2CCC[C@@](O)(CN3CCN(C)CC3)C2=O)c1. The Morgan fingerprint density at radius 3 is 2.65 bits per heavy atom. The van der Waals surface area contributed by atoms with E-state index in [4.69, 9.17) is 4.74 Å². The van der Waals surface area contributed by atoms with Gasteiger partial charge >= 0.3 is 0 Å². The molecule has 2 fully saturated rings. The standard InChI is InChI=1S/C19H28FN3O3/c1-21-8-10-22(11-9-21)14-19(25)6-3-7-23(18(19)24)13-15-12-16(26-2)4-5-17(15)20/h4-5,12,25H,3,6-11,13-14H2,1-2H3/t19-/m1/s1. The lowest BCUT2D eigenvalue weighted by atomic mass is 9.90. The number of nitrogens with zero attached hydrogens (tertiary/aromatic N) is 3. The fraction of sp³-hybridized carbons (Fsp3) is 0.632. The highest BCUT2D eigenvalue weighted by Crippen LogP contribution is 2.27. The Kier molecular flexibility index (Phi) is 5.79. The molecule has 26 heavy (non-hydrogen) atoms. The van der Waals surface area contributed by atoms with E-state index in [0.29, 0.717) is 37.2 Å². The van der Waals surface area contributed by atoms with E-state index >= 15 is 0 Å². The molecule has 1 aromatic carbocycles. The van der Waals surface area contributed by atoms with Crippen molar-refractivity contribution in [2.24, 2.45) is 0 Å². The van der Waals surface area contributed by atoms with Gasteiger partial charge in [-0.15, -0.1) is 0 Å². The third kappa shape index (κ3) is 4.16. The van der Waals surface area contributed by atoms with Gasteiger partial charge in [-0.25, -0.2) is 4.39 Å². The van der Waals surface area contributed by atoms with Crippen LogP contribution in [0.4, 0.5) is 4.39 Å². The number of hydrogen-bond acceptors (Lipinski definition) is 5. The normalized spacial score (nSPS) is 25.5. The zero-order valence-electron chi connectivity index (χ0n) is 15.6. The summed E-state index contributed by atoms with van der Waals surface area (Å²) < 4.78 is 19.3. The summed E-state index contributed by atoms with van der Waals surface area (Å²) in [5, 5.41) is 11.0. The van der Waals surface area contributed by atoms with Crippen molar-refractivity contribution in [2.75, 3.05) is 53.4 Å². The minimum absolute atomic E-state index is 0.146. The molecule has 0 unspecified atom stereocenters. The first-order valence-electron chi connectivity index (χ1n) is 9.16. The molecular weight excluding hydrogens is 337 g/mol. The van der Waals surface area contributed by atoms with Crippen LogP contribution in [0.3, 0.4) is 0 Å². The van der Waals surface area contributed by atoms with E-state index in [1.165, 1.54) is 13.2 Å². The molecule has 1 atom stereocenters. The second kappa shape index (κ2) is 7.90. The molecule has 0 aliphatic carbocycles. The highest BCUT2D eigenvalue weighted by Gasteiger charge is 2.43. The predicted molar refractivity (Wildman–Crippen MR) is 96.5 cm³/mol. The van der Waals surface area contributed by atoms with Gasteiger partial charge in [-0.05, 0) is 38.1 Å². The van der Waals surface area contributed by atoms with Crippen molar-refractivity contribution in [1.82, 2.24) is 14.7 Å². The molecule has 2 aliphatic rings. The molecule has 1 N–H and O–H groups in total. The van der Waals surface area contributed by atoms with Gasteiger partial charge in [0.05, 0.1) is 7.11 Å². The van der Waals surface area contributed by atoms with Crippen LogP contribution in [0.1, 0.15) is 18.4 Å². The molecule has 0 radical (unpaired) electrons. The third-order valence-corrected chi connectivity index (χ3v) is 5.40. The average molecular weight is 365 g/mol. The smallest absolute Gasteiger partial charge is 0.256 e. The van der Waals surface area contributed by atoms with Crippen LogP contribution in [0.15, 0.2) is 18.2 Å². The van der Waals surface area contributed by atoms with E-state index in [2.05, 4.69) is 16.8 Å². The van der Waals surface area contributed by atoms with E-state index in [0.717, 1.165) is 26.2 Å². The fourth-order valence-corrected chi connectivity index (χ4v) is 3.74. The average Bonchev–Trinajstić information content (AvgIpc) is 2.63. The van der Waals surface area contributed by atoms with Gasteiger partial charge in [-0.2, -0.15) is 0 Å². The number of ether oxygens (including phenoxy) is 1. The number of methoxy groups -OCH3 is 1. The number of likely N-dealkylation sites (tertiary alicyclic amines) is 1. The topological polar surface area (TPSA) is 56.3 Å². The van der Waals surface area contributed by atoms with Gasteiger partial charge in [0.25, 0.3) is 5.91 Å². The number of likely N-dealkylation sites (N-methyl/N-ethyl adjacent to an activating group) is 1. The van der Waals surface area contributed by atoms with Gasteiger partial charge < -0.3 is 19.6 Å². The number of piperidine rings is 1. The molecule has 2 heterocycles. The number of β-amino-alcohol motifs (C(OH)–C–C–N with tert-alkyl or cyclic N) is 1. The van der Waals surface area contributed by atoms with Gasteiger partial charge in [0.2, 0.25) is 0 Å². The minimum Gasteiger partial charge on any atom is -0.497 e. The summed E-state index contributed by atoms with van der Waals surface area (Å²) in [4.78, 5) is 18.9. The minimum atomic E-state index is -1.39. The van der Waals surface area contributed by atoms with Crippen LogP contribution < -0.4 is 4.74 Å². The second-order valence-corrected chi connectivity index (χ2v) is 7.40. The fourth-order valence-electron chi connectivity index (χ4n) is 3.74. The zero-order valence-corrected chi connectivity index (χ0v) is 15.6. The number of rotatable bonds is 5. The third-order valence-electron chi connectivity index (χ3n) is 5.40. The Balaban J connectivity index is 1.69. The van der Waals surface area contributed by atoms with Gasteiger partial charge in [0, 0.05) is 51.4 Å². The summed E-state index contributed by atoms with van der Waals surface area (Å²) in [6.45, 7) is 4.57. The summed E-state index contributed by atoms with van der Waals surface area (Å²) in [5.74, 6) is -0.116. The van der Waals surface area contributed by atoms with Gasteiger partial charge in [0.1, 0.15) is 11.6 Å². The van der Waals surface area contributed by atoms with Crippen LogP contribution in [0.5, 0.6) is 5.75 Å². The highest BCUT2D eigenvalue weighted by atomic mass is 19.1. The van der Waals surface area contributed by atoms with Crippen molar-refractivity contribution in [2.45, 2.75) is 25.0 Å². The first-order chi connectivity index (χ1) is 12.4. The Morgan fingerprint density at radius 1 is 1.23 bits per heavy atom. The first kappa shape index (κ1) is 19.1. The van der Waals surface area contributed by atoms with Crippen LogP contribution >= 0.6 is 0 Å².